The van der Waals surface area contributed by atoms with Crippen molar-refractivity contribution in [2.75, 3.05) is 19.6 Å². The molecule has 1 spiro atoms. The van der Waals surface area contributed by atoms with Gasteiger partial charge in [0.15, 0.2) is 0 Å². The molecule has 0 radical (unpaired) electrons. The van der Waals surface area contributed by atoms with Crippen molar-refractivity contribution in [3.05, 3.63) is 35.9 Å². The molecule has 18 heavy (non-hydrogen) atoms. The van der Waals surface area contributed by atoms with Gasteiger partial charge in [-0.1, -0.05) is 30.3 Å². The third kappa shape index (κ3) is 2.34. The van der Waals surface area contributed by atoms with Crippen molar-refractivity contribution in [2.24, 2.45) is 10.7 Å². The summed E-state index contributed by atoms with van der Waals surface area (Å²) < 4.78 is 5.69. The minimum Gasteiger partial charge on any atom is -0.457 e. The van der Waals surface area contributed by atoms with Gasteiger partial charge in [0.25, 0.3) is 6.02 Å². The lowest BCUT2D eigenvalue weighted by Gasteiger charge is -2.37. The second-order valence-electron chi connectivity index (χ2n) is 5.20. The molecule has 1 aromatic carbocycles. The molecule has 4 heteroatoms. The summed E-state index contributed by atoms with van der Waals surface area (Å²) >= 11 is 0. The van der Waals surface area contributed by atoms with Gasteiger partial charge in [0.2, 0.25) is 0 Å². The number of ether oxygens (including phenoxy) is 1. The number of hydrogen-bond donors (Lipinski definition) is 1. The van der Waals surface area contributed by atoms with Crippen molar-refractivity contribution < 1.29 is 4.74 Å². The number of piperidine rings is 1. The molecule has 2 aliphatic heterocycles. The molecule has 4 nitrogen and oxygen atoms in total. The highest BCUT2D eigenvalue weighted by atomic mass is 16.5. The number of aliphatic imine (C=N–C) groups is 1. The summed E-state index contributed by atoms with van der Waals surface area (Å²) in [6, 6.07) is 11.0. The van der Waals surface area contributed by atoms with Crippen LogP contribution in [0.5, 0.6) is 0 Å². The Morgan fingerprint density at radius 2 is 1.94 bits per heavy atom. The van der Waals surface area contributed by atoms with Crippen LogP contribution in [0.4, 0.5) is 0 Å². The molecule has 2 N–H and O–H groups in total. The molecular formula is C14H19N3O. The summed E-state index contributed by atoms with van der Waals surface area (Å²) in [4.78, 5) is 6.65. The molecule has 0 bridgehead atoms. The SMILES string of the molecule is NC1=NCC2(CCN(Cc3ccccc3)CC2)O1. The van der Waals surface area contributed by atoms with Crippen LogP contribution in [0.15, 0.2) is 35.3 Å². The van der Waals surface area contributed by atoms with Crippen molar-refractivity contribution in [2.45, 2.75) is 25.0 Å². The Bertz CT molecular complexity index is 436. The second-order valence-corrected chi connectivity index (χ2v) is 5.20. The first-order valence-corrected chi connectivity index (χ1v) is 6.51. The van der Waals surface area contributed by atoms with Gasteiger partial charge in [0, 0.05) is 32.5 Å². The molecule has 0 unspecified atom stereocenters. The Labute approximate surface area is 107 Å². The van der Waals surface area contributed by atoms with Gasteiger partial charge in [-0.3, -0.25) is 4.90 Å². The highest BCUT2D eigenvalue weighted by molar-refractivity contribution is 5.73. The van der Waals surface area contributed by atoms with Crippen molar-refractivity contribution in [3.63, 3.8) is 0 Å². The third-order valence-electron chi connectivity index (χ3n) is 3.86. The standard InChI is InChI=1S/C14H19N3O/c15-13-16-11-14(18-13)6-8-17(9-7-14)10-12-4-2-1-3-5-12/h1-5H,6-11H2,(H2,15,16). The highest BCUT2D eigenvalue weighted by Gasteiger charge is 2.40. The number of rotatable bonds is 2. The molecule has 1 aromatic rings. The van der Waals surface area contributed by atoms with E-state index in [0.29, 0.717) is 6.02 Å². The van der Waals surface area contributed by atoms with Gasteiger partial charge in [-0.05, 0) is 5.56 Å². The molecule has 1 fully saturated rings. The van der Waals surface area contributed by atoms with E-state index in [-0.39, 0.29) is 5.60 Å². The largest absolute Gasteiger partial charge is 0.457 e. The average Bonchev–Trinajstić information content (AvgIpc) is 2.75. The van der Waals surface area contributed by atoms with Crippen molar-refractivity contribution in [3.8, 4) is 0 Å². The van der Waals surface area contributed by atoms with Crippen LogP contribution in [-0.4, -0.2) is 36.2 Å². The van der Waals surface area contributed by atoms with Crippen LogP contribution in [0.1, 0.15) is 18.4 Å². The van der Waals surface area contributed by atoms with Gasteiger partial charge >= 0.3 is 0 Å². The molecule has 0 amide bonds. The topological polar surface area (TPSA) is 50.8 Å². The summed E-state index contributed by atoms with van der Waals surface area (Å²) in [6.45, 7) is 3.86. The maximum absolute atomic E-state index is 5.69. The number of likely N-dealkylation sites (tertiary alicyclic amines) is 1. The van der Waals surface area contributed by atoms with Crippen LogP contribution in [0.3, 0.4) is 0 Å². The van der Waals surface area contributed by atoms with Gasteiger partial charge in [-0.25, -0.2) is 4.99 Å². The summed E-state index contributed by atoms with van der Waals surface area (Å²) in [7, 11) is 0. The molecule has 96 valence electrons. The minimum atomic E-state index is -0.0999. The Kier molecular flexibility index (Phi) is 2.96. The van der Waals surface area contributed by atoms with E-state index < -0.39 is 0 Å². The number of hydrogen-bond acceptors (Lipinski definition) is 4. The zero-order valence-electron chi connectivity index (χ0n) is 10.5. The Hall–Kier alpha value is -1.55. The fourth-order valence-electron chi connectivity index (χ4n) is 2.73. The monoisotopic (exact) mass is 245 g/mol. The van der Waals surface area contributed by atoms with Gasteiger partial charge in [0.1, 0.15) is 5.60 Å². The lowest BCUT2D eigenvalue weighted by Crippen LogP contribution is -2.46. The molecule has 0 aliphatic carbocycles. The smallest absolute Gasteiger partial charge is 0.282 e. The second kappa shape index (κ2) is 4.61. The van der Waals surface area contributed by atoms with E-state index >= 15 is 0 Å². The van der Waals surface area contributed by atoms with Crippen molar-refractivity contribution in [1.29, 1.82) is 0 Å². The van der Waals surface area contributed by atoms with Crippen LogP contribution >= 0.6 is 0 Å². The molecule has 1 saturated heterocycles. The first-order chi connectivity index (χ1) is 8.76. The molecule has 0 aromatic heterocycles. The lowest BCUT2D eigenvalue weighted by atomic mass is 9.91. The van der Waals surface area contributed by atoms with Crippen molar-refractivity contribution in [1.82, 2.24) is 4.90 Å². The van der Waals surface area contributed by atoms with Crippen LogP contribution < -0.4 is 5.73 Å². The summed E-state index contributed by atoms with van der Waals surface area (Å²) in [5, 5.41) is 0. The van der Waals surface area contributed by atoms with Crippen molar-refractivity contribution >= 4 is 6.02 Å². The fourth-order valence-corrected chi connectivity index (χ4v) is 2.73. The average molecular weight is 245 g/mol. The number of amidine groups is 1. The fraction of sp³-hybridized carbons (Fsp3) is 0.500. The zero-order valence-corrected chi connectivity index (χ0v) is 10.5. The van der Waals surface area contributed by atoms with Crippen LogP contribution in [-0.2, 0) is 11.3 Å². The normalized spacial score (nSPS) is 22.8. The first kappa shape index (κ1) is 11.5. The zero-order chi connectivity index (χ0) is 12.4. The van der Waals surface area contributed by atoms with Gasteiger partial charge < -0.3 is 10.5 Å². The maximum atomic E-state index is 5.69. The quantitative estimate of drug-likeness (QED) is 0.856. The summed E-state index contributed by atoms with van der Waals surface area (Å²) in [5.74, 6) is 0. The molecule has 0 atom stereocenters. The first-order valence-electron chi connectivity index (χ1n) is 6.51. The summed E-state index contributed by atoms with van der Waals surface area (Å²) in [5.41, 5.74) is 6.88. The molecule has 2 aliphatic rings. The number of nitrogens with zero attached hydrogens (tertiary/aromatic N) is 2. The van der Waals surface area contributed by atoms with E-state index in [1.807, 2.05) is 0 Å². The Morgan fingerprint density at radius 3 is 2.56 bits per heavy atom. The van der Waals surface area contributed by atoms with Gasteiger partial charge in [-0.15, -0.1) is 0 Å². The van der Waals surface area contributed by atoms with Crippen LogP contribution in [0, 0.1) is 0 Å². The lowest BCUT2D eigenvalue weighted by molar-refractivity contribution is 0.0114. The van der Waals surface area contributed by atoms with Gasteiger partial charge in [0.05, 0.1) is 6.54 Å². The maximum Gasteiger partial charge on any atom is 0.282 e. The Balaban J connectivity index is 1.55. The van der Waals surface area contributed by atoms with E-state index in [1.54, 1.807) is 0 Å². The molecular weight excluding hydrogens is 226 g/mol. The van der Waals surface area contributed by atoms with E-state index in [2.05, 4.69) is 40.2 Å². The molecule has 0 saturated carbocycles. The third-order valence-corrected chi connectivity index (χ3v) is 3.86. The summed E-state index contributed by atoms with van der Waals surface area (Å²) in [6.07, 6.45) is 2.04. The van der Waals surface area contributed by atoms with E-state index in [1.165, 1.54) is 5.56 Å². The van der Waals surface area contributed by atoms with E-state index in [9.17, 15) is 0 Å². The van der Waals surface area contributed by atoms with Crippen LogP contribution in [0.2, 0.25) is 0 Å². The Morgan fingerprint density at radius 1 is 1.22 bits per heavy atom. The predicted molar refractivity (Wildman–Crippen MR) is 71.3 cm³/mol. The van der Waals surface area contributed by atoms with E-state index in [4.69, 9.17) is 10.5 Å². The minimum absolute atomic E-state index is 0.0999. The van der Waals surface area contributed by atoms with Crippen LogP contribution in [0.25, 0.3) is 0 Å². The van der Waals surface area contributed by atoms with Gasteiger partial charge in [-0.2, -0.15) is 0 Å². The van der Waals surface area contributed by atoms with E-state index in [0.717, 1.165) is 39.0 Å². The molecule has 3 rings (SSSR count). The highest BCUT2D eigenvalue weighted by Crippen LogP contribution is 2.30. The number of nitrogens with two attached hydrogens (primary N) is 1. The predicted octanol–water partition coefficient (Wildman–Crippen LogP) is 1.37. The number of benzene rings is 1. The molecule has 2 heterocycles.